The van der Waals surface area contributed by atoms with Crippen LogP contribution >= 0.6 is 15.9 Å². The van der Waals surface area contributed by atoms with E-state index < -0.39 is 21.5 Å². The van der Waals surface area contributed by atoms with E-state index in [-0.39, 0.29) is 23.2 Å². The Kier molecular flexibility index (Phi) is 5.60. The van der Waals surface area contributed by atoms with Crippen LogP contribution in [-0.4, -0.2) is 44.3 Å². The van der Waals surface area contributed by atoms with Crippen LogP contribution in [0.15, 0.2) is 58.2 Å². The van der Waals surface area contributed by atoms with Gasteiger partial charge in [-0.2, -0.15) is 0 Å². The molecular weight excluding hydrogens is 516 g/mol. The Labute approximate surface area is 198 Å². The number of aromatic nitrogens is 2. The molecule has 172 valence electrons. The van der Waals surface area contributed by atoms with Crippen LogP contribution in [0.3, 0.4) is 0 Å². The van der Waals surface area contributed by atoms with Crippen LogP contribution in [0.2, 0.25) is 0 Å². The van der Waals surface area contributed by atoms with Crippen LogP contribution in [0.25, 0.3) is 11.1 Å². The number of hydrogen-bond donors (Lipinski definition) is 0. The predicted molar refractivity (Wildman–Crippen MR) is 123 cm³/mol. The number of piperidine rings is 1. The van der Waals surface area contributed by atoms with Gasteiger partial charge in [-0.15, -0.1) is 0 Å². The zero-order valence-electron chi connectivity index (χ0n) is 17.6. The van der Waals surface area contributed by atoms with E-state index in [1.54, 1.807) is 12.4 Å². The molecule has 1 aromatic heterocycles. The predicted octanol–water partition coefficient (Wildman–Crippen LogP) is 4.35. The molecule has 33 heavy (non-hydrogen) atoms. The number of sulfone groups is 1. The van der Waals surface area contributed by atoms with E-state index in [0.717, 1.165) is 23.8 Å². The highest BCUT2D eigenvalue weighted by atomic mass is 79.9. The molecule has 10 heteroatoms. The van der Waals surface area contributed by atoms with Gasteiger partial charge < -0.3 is 9.64 Å². The van der Waals surface area contributed by atoms with Crippen molar-refractivity contribution in [1.29, 1.82) is 0 Å². The molecule has 2 heterocycles. The van der Waals surface area contributed by atoms with Crippen LogP contribution in [0.4, 0.5) is 14.7 Å². The SMILES string of the molecule is CS(=O)(=O)c1ccc(-c2cc(F)c(OCC3[C@H]4CN(c5ncc(Br)cn5)C[C@@H]34)c(F)c2)cc1. The summed E-state index contributed by atoms with van der Waals surface area (Å²) in [6.45, 7) is 1.85. The summed E-state index contributed by atoms with van der Waals surface area (Å²) in [5, 5.41) is 0. The number of fused-ring (bicyclic) bond motifs is 1. The van der Waals surface area contributed by atoms with Crippen molar-refractivity contribution in [2.75, 3.05) is 30.9 Å². The number of benzene rings is 2. The number of halogens is 3. The third-order valence-corrected chi connectivity index (χ3v) is 7.83. The van der Waals surface area contributed by atoms with Gasteiger partial charge in [0.05, 0.1) is 16.0 Å². The van der Waals surface area contributed by atoms with E-state index in [9.17, 15) is 17.2 Å². The number of ether oxygens (including phenoxy) is 1. The average molecular weight is 536 g/mol. The smallest absolute Gasteiger partial charge is 0.225 e. The van der Waals surface area contributed by atoms with E-state index in [2.05, 4.69) is 30.8 Å². The average Bonchev–Trinajstić information content (AvgIpc) is 3.21. The molecule has 0 radical (unpaired) electrons. The van der Waals surface area contributed by atoms with Gasteiger partial charge in [0.15, 0.2) is 27.2 Å². The highest BCUT2D eigenvalue weighted by Crippen LogP contribution is 2.52. The molecule has 3 atom stereocenters. The molecule has 1 unspecified atom stereocenters. The zero-order valence-corrected chi connectivity index (χ0v) is 20.0. The van der Waals surface area contributed by atoms with Crippen molar-refractivity contribution in [3.63, 3.8) is 0 Å². The molecule has 1 saturated heterocycles. The van der Waals surface area contributed by atoms with Gasteiger partial charge in [0.25, 0.3) is 0 Å². The molecule has 2 aliphatic rings. The maximum atomic E-state index is 14.7. The fourth-order valence-electron chi connectivity index (χ4n) is 4.47. The van der Waals surface area contributed by atoms with E-state index in [1.165, 1.54) is 36.4 Å². The molecule has 0 bridgehead atoms. The summed E-state index contributed by atoms with van der Waals surface area (Å²) in [5.41, 5.74) is 0.824. The Morgan fingerprint density at radius 1 is 1.03 bits per heavy atom. The minimum atomic E-state index is -3.34. The lowest BCUT2D eigenvalue weighted by Crippen LogP contribution is -2.27. The zero-order chi connectivity index (χ0) is 23.3. The first-order valence-electron chi connectivity index (χ1n) is 10.4. The molecule has 3 aromatic rings. The number of hydrogen-bond acceptors (Lipinski definition) is 6. The van der Waals surface area contributed by atoms with Crippen LogP contribution in [0, 0.1) is 29.4 Å². The summed E-state index contributed by atoms with van der Waals surface area (Å²) in [6.07, 6.45) is 4.53. The second kappa shape index (κ2) is 8.32. The molecule has 5 rings (SSSR count). The first kappa shape index (κ1) is 22.2. The van der Waals surface area contributed by atoms with Crippen molar-refractivity contribution in [3.8, 4) is 16.9 Å². The highest BCUT2D eigenvalue weighted by Gasteiger charge is 2.56. The van der Waals surface area contributed by atoms with Crippen molar-refractivity contribution in [1.82, 2.24) is 9.97 Å². The Morgan fingerprint density at radius 3 is 2.15 bits per heavy atom. The fourth-order valence-corrected chi connectivity index (χ4v) is 5.30. The van der Waals surface area contributed by atoms with E-state index >= 15 is 0 Å². The Morgan fingerprint density at radius 2 is 1.61 bits per heavy atom. The standard InChI is InChI=1S/C23H20BrF2N3O3S/c1-33(30,31)16-4-2-13(3-5-16)14-6-20(25)22(21(26)7-14)32-12-19-17-10-29(11-18(17)19)23-27-8-15(24)9-28-23/h2-9,17-19H,10-12H2,1H3/t17-,18+,19?. The number of nitrogens with zero attached hydrogens (tertiary/aromatic N) is 3. The molecule has 2 aromatic carbocycles. The second-order valence-corrected chi connectivity index (χ2v) is 11.4. The molecule has 0 spiro atoms. The summed E-state index contributed by atoms with van der Waals surface area (Å²) in [6, 6.07) is 8.29. The molecule has 2 fully saturated rings. The lowest BCUT2D eigenvalue weighted by atomic mass is 10.1. The fraction of sp³-hybridized carbons (Fsp3) is 0.304. The van der Waals surface area contributed by atoms with Crippen molar-refractivity contribution in [2.45, 2.75) is 4.90 Å². The number of rotatable bonds is 6. The third kappa shape index (κ3) is 4.46. The van der Waals surface area contributed by atoms with E-state index in [0.29, 0.717) is 28.9 Å². The molecule has 0 N–H and O–H groups in total. The third-order valence-electron chi connectivity index (χ3n) is 6.30. The first-order chi connectivity index (χ1) is 15.7. The summed E-state index contributed by atoms with van der Waals surface area (Å²) in [5.74, 6) is -0.224. The van der Waals surface area contributed by atoms with Crippen LogP contribution in [0.5, 0.6) is 5.75 Å². The van der Waals surface area contributed by atoms with Gasteiger partial charge in [0.2, 0.25) is 5.95 Å². The van der Waals surface area contributed by atoms with Gasteiger partial charge in [-0.05, 0) is 63.2 Å². The van der Waals surface area contributed by atoms with Crippen molar-refractivity contribution in [3.05, 3.63) is 64.9 Å². The summed E-state index contributed by atoms with van der Waals surface area (Å²) >= 11 is 3.32. The van der Waals surface area contributed by atoms with Gasteiger partial charge >= 0.3 is 0 Å². The Bertz CT molecular complexity index is 1270. The largest absolute Gasteiger partial charge is 0.487 e. The topological polar surface area (TPSA) is 72.4 Å². The summed E-state index contributed by atoms with van der Waals surface area (Å²) in [7, 11) is -3.34. The molecular formula is C23H20BrF2N3O3S. The first-order valence-corrected chi connectivity index (χ1v) is 13.0. The highest BCUT2D eigenvalue weighted by molar-refractivity contribution is 9.10. The maximum Gasteiger partial charge on any atom is 0.225 e. The van der Waals surface area contributed by atoms with Crippen LogP contribution in [-0.2, 0) is 9.84 Å². The lowest BCUT2D eigenvalue weighted by molar-refractivity contribution is 0.257. The van der Waals surface area contributed by atoms with Crippen molar-refractivity contribution in [2.24, 2.45) is 17.8 Å². The van der Waals surface area contributed by atoms with E-state index in [4.69, 9.17) is 4.74 Å². The van der Waals surface area contributed by atoms with Gasteiger partial charge in [-0.25, -0.2) is 27.2 Å². The normalized spacial score (nSPS) is 21.7. The summed E-state index contributed by atoms with van der Waals surface area (Å²) in [4.78, 5) is 10.9. The van der Waals surface area contributed by atoms with Gasteiger partial charge in [-0.3, -0.25) is 0 Å². The molecule has 1 aliphatic carbocycles. The monoisotopic (exact) mass is 535 g/mol. The quantitative estimate of drug-likeness (QED) is 0.467. The minimum Gasteiger partial charge on any atom is -0.487 e. The minimum absolute atomic E-state index is 0.146. The molecule has 6 nitrogen and oxygen atoms in total. The molecule has 1 aliphatic heterocycles. The number of anilines is 1. The second-order valence-electron chi connectivity index (χ2n) is 8.47. The summed E-state index contributed by atoms with van der Waals surface area (Å²) < 4.78 is 58.9. The van der Waals surface area contributed by atoms with Crippen molar-refractivity contribution >= 4 is 31.7 Å². The molecule has 1 saturated carbocycles. The lowest BCUT2D eigenvalue weighted by Gasteiger charge is -2.19. The Balaban J connectivity index is 1.22. The molecule has 0 amide bonds. The van der Waals surface area contributed by atoms with E-state index in [1.807, 2.05) is 0 Å². The van der Waals surface area contributed by atoms with Gasteiger partial charge in [0.1, 0.15) is 0 Å². The maximum absolute atomic E-state index is 14.7. The van der Waals surface area contributed by atoms with Crippen LogP contribution < -0.4 is 9.64 Å². The van der Waals surface area contributed by atoms with Crippen LogP contribution in [0.1, 0.15) is 0 Å². The van der Waals surface area contributed by atoms with Gasteiger partial charge in [0, 0.05) is 37.7 Å². The van der Waals surface area contributed by atoms with Crippen molar-refractivity contribution < 1.29 is 21.9 Å². The van der Waals surface area contributed by atoms with Gasteiger partial charge in [-0.1, -0.05) is 12.1 Å². The Hall–Kier alpha value is -2.59.